The van der Waals surface area contributed by atoms with Crippen molar-refractivity contribution >= 4 is 39.0 Å². The molecule has 2 aromatic carbocycles. The zero-order valence-electron chi connectivity index (χ0n) is 22.1. The Bertz CT molecular complexity index is 1370. The van der Waals surface area contributed by atoms with Crippen molar-refractivity contribution in [2.24, 2.45) is 0 Å². The van der Waals surface area contributed by atoms with Gasteiger partial charge in [0.15, 0.2) is 0 Å². The first kappa shape index (κ1) is 28.8. The number of sulfonamides is 1. The third-order valence-electron chi connectivity index (χ3n) is 6.54. The second-order valence-corrected chi connectivity index (χ2v) is 12.6. The van der Waals surface area contributed by atoms with Gasteiger partial charge in [0.1, 0.15) is 6.10 Å². The maximum absolute atomic E-state index is 12.8. The highest BCUT2D eigenvalue weighted by atomic mass is 32.2. The molecule has 9 nitrogen and oxygen atoms in total. The quantitative estimate of drug-likeness (QED) is 0.377. The van der Waals surface area contributed by atoms with Crippen molar-refractivity contribution < 1.29 is 22.7 Å². The summed E-state index contributed by atoms with van der Waals surface area (Å²) >= 11 is 1.29. The van der Waals surface area contributed by atoms with Gasteiger partial charge < -0.3 is 14.5 Å². The summed E-state index contributed by atoms with van der Waals surface area (Å²) in [4.78, 5) is 30.7. The molecule has 39 heavy (non-hydrogen) atoms. The van der Waals surface area contributed by atoms with Crippen LogP contribution in [0.3, 0.4) is 0 Å². The minimum Gasteiger partial charge on any atom is -0.446 e. The topological polar surface area (TPSA) is 108 Å². The monoisotopic (exact) mass is 570 g/mol. The molecule has 0 unspecified atom stereocenters. The van der Waals surface area contributed by atoms with E-state index < -0.39 is 16.1 Å². The van der Waals surface area contributed by atoms with Gasteiger partial charge >= 0.3 is 6.09 Å². The smallest absolute Gasteiger partial charge is 0.411 e. The summed E-state index contributed by atoms with van der Waals surface area (Å²) in [6.07, 6.45) is 1.95. The minimum absolute atomic E-state index is 0.0868. The number of para-hydroxylation sites is 1. The van der Waals surface area contributed by atoms with Crippen LogP contribution in [0.5, 0.6) is 0 Å². The van der Waals surface area contributed by atoms with Crippen molar-refractivity contribution in [1.82, 2.24) is 14.5 Å². The highest BCUT2D eigenvalue weighted by Gasteiger charge is 2.24. The molecule has 4 rings (SSSR count). The molecule has 1 fully saturated rings. The molecule has 0 bridgehead atoms. The van der Waals surface area contributed by atoms with Gasteiger partial charge in [-0.2, -0.15) is 0 Å². The number of carbonyl (C=O) groups excluding carboxylic acids is 2. The SMILES string of the molecule is CN(CCN1CCC(OC(=O)Nc2ccccc2-c2ccccc2)CC1)C(=O)c1ccc(CNS(C)(=O)=O)s1. The van der Waals surface area contributed by atoms with Crippen molar-refractivity contribution in [3.63, 3.8) is 0 Å². The van der Waals surface area contributed by atoms with Crippen LogP contribution in [0, 0.1) is 0 Å². The number of piperidine rings is 1. The van der Waals surface area contributed by atoms with Gasteiger partial charge in [-0.25, -0.2) is 17.9 Å². The Labute approximate surface area is 233 Å². The summed E-state index contributed by atoms with van der Waals surface area (Å²) < 4.78 is 30.7. The lowest BCUT2D eigenvalue weighted by Crippen LogP contribution is -2.42. The van der Waals surface area contributed by atoms with Crippen LogP contribution < -0.4 is 10.0 Å². The van der Waals surface area contributed by atoms with Crippen molar-refractivity contribution in [3.8, 4) is 11.1 Å². The first-order valence-electron chi connectivity index (χ1n) is 12.8. The molecule has 3 aromatic rings. The molecule has 1 aliphatic heterocycles. The van der Waals surface area contributed by atoms with Crippen LogP contribution in [0.15, 0.2) is 66.7 Å². The number of hydrogen-bond donors (Lipinski definition) is 2. The molecule has 2 N–H and O–H groups in total. The van der Waals surface area contributed by atoms with E-state index in [1.165, 1.54) is 11.3 Å². The Balaban J connectivity index is 1.19. The molecule has 0 atom stereocenters. The van der Waals surface area contributed by atoms with Gasteiger partial charge in [0.05, 0.1) is 16.8 Å². The maximum atomic E-state index is 12.8. The second kappa shape index (κ2) is 13.2. The number of benzene rings is 2. The number of likely N-dealkylation sites (tertiary alicyclic amines) is 1. The minimum atomic E-state index is -3.28. The molecule has 2 heterocycles. The molecule has 0 aliphatic carbocycles. The molecule has 0 spiro atoms. The molecule has 2 amide bonds. The number of carbonyl (C=O) groups is 2. The standard InChI is InChI=1S/C28H34N4O5S2/c1-31(27(33)26-13-12-23(38-26)20-29-39(2,35)36)18-19-32-16-14-22(15-17-32)37-28(34)30-25-11-7-6-10-24(25)21-8-4-3-5-9-21/h3-13,22,29H,14-20H2,1-2H3,(H,30,34). The molecule has 1 aromatic heterocycles. The summed E-state index contributed by atoms with van der Waals surface area (Å²) in [5.41, 5.74) is 2.67. The Morgan fingerprint density at radius 3 is 2.44 bits per heavy atom. The number of ether oxygens (including phenoxy) is 1. The number of nitrogens with one attached hydrogen (secondary N) is 2. The van der Waals surface area contributed by atoms with Crippen molar-refractivity contribution in [2.45, 2.75) is 25.5 Å². The van der Waals surface area contributed by atoms with E-state index in [9.17, 15) is 18.0 Å². The highest BCUT2D eigenvalue weighted by Crippen LogP contribution is 2.28. The lowest BCUT2D eigenvalue weighted by atomic mass is 10.0. The zero-order valence-corrected chi connectivity index (χ0v) is 23.8. The third kappa shape index (κ3) is 8.62. The molecule has 0 saturated carbocycles. The maximum Gasteiger partial charge on any atom is 0.411 e. The van der Waals surface area contributed by atoms with Gasteiger partial charge in [-0.1, -0.05) is 48.5 Å². The summed E-state index contributed by atoms with van der Waals surface area (Å²) in [5, 5.41) is 2.90. The van der Waals surface area contributed by atoms with E-state index >= 15 is 0 Å². The Kier molecular flexibility index (Phi) is 9.73. The number of hydrogen-bond acceptors (Lipinski definition) is 7. The fourth-order valence-corrected chi connectivity index (χ4v) is 5.83. The number of amides is 2. The van der Waals surface area contributed by atoms with Gasteiger partial charge in [0.2, 0.25) is 10.0 Å². The first-order chi connectivity index (χ1) is 18.7. The fraction of sp³-hybridized carbons (Fsp3) is 0.357. The van der Waals surface area contributed by atoms with E-state index in [2.05, 4.69) is 14.9 Å². The molecule has 208 valence electrons. The third-order valence-corrected chi connectivity index (χ3v) is 8.28. The number of thiophene rings is 1. The summed E-state index contributed by atoms with van der Waals surface area (Å²) in [6.45, 7) is 3.02. The van der Waals surface area contributed by atoms with Gasteiger partial charge in [-0.05, 0) is 36.6 Å². The lowest BCUT2D eigenvalue weighted by molar-refractivity contribution is 0.0541. The number of rotatable bonds is 10. The second-order valence-electron chi connectivity index (χ2n) is 9.57. The summed E-state index contributed by atoms with van der Waals surface area (Å²) in [6, 6.07) is 21.1. The molecule has 1 aliphatic rings. The van der Waals surface area contributed by atoms with E-state index in [0.717, 1.165) is 54.7 Å². The van der Waals surface area contributed by atoms with Crippen LogP contribution in [0.25, 0.3) is 11.1 Å². The van der Waals surface area contributed by atoms with E-state index in [-0.39, 0.29) is 18.6 Å². The Hall–Kier alpha value is -3.25. The lowest BCUT2D eigenvalue weighted by Gasteiger charge is -2.32. The number of anilines is 1. The van der Waals surface area contributed by atoms with Crippen molar-refractivity contribution in [1.29, 1.82) is 0 Å². The van der Waals surface area contributed by atoms with Crippen LogP contribution in [-0.4, -0.2) is 75.8 Å². The molecular formula is C28H34N4O5S2. The predicted octanol–water partition coefficient (Wildman–Crippen LogP) is 4.25. The Morgan fingerprint density at radius 1 is 1.03 bits per heavy atom. The average molecular weight is 571 g/mol. The van der Waals surface area contributed by atoms with Gasteiger partial charge in [0, 0.05) is 50.2 Å². The van der Waals surface area contributed by atoms with E-state index in [4.69, 9.17) is 4.74 Å². The summed E-state index contributed by atoms with van der Waals surface area (Å²) in [7, 11) is -1.52. The van der Waals surface area contributed by atoms with Gasteiger partial charge in [-0.15, -0.1) is 11.3 Å². The highest BCUT2D eigenvalue weighted by molar-refractivity contribution is 7.88. The van der Waals surface area contributed by atoms with Crippen LogP contribution in [0.1, 0.15) is 27.4 Å². The number of nitrogens with zero attached hydrogens (tertiary/aromatic N) is 2. The largest absolute Gasteiger partial charge is 0.446 e. The number of likely N-dealkylation sites (N-methyl/N-ethyl adjacent to an activating group) is 1. The van der Waals surface area contributed by atoms with Crippen LogP contribution in [-0.2, 0) is 21.3 Å². The Morgan fingerprint density at radius 2 is 1.72 bits per heavy atom. The van der Waals surface area contributed by atoms with Gasteiger partial charge in [-0.3, -0.25) is 10.1 Å². The van der Waals surface area contributed by atoms with Crippen LogP contribution in [0.2, 0.25) is 0 Å². The predicted molar refractivity (Wildman–Crippen MR) is 154 cm³/mol. The van der Waals surface area contributed by atoms with Gasteiger partial charge in [0.25, 0.3) is 5.91 Å². The van der Waals surface area contributed by atoms with E-state index in [1.807, 2.05) is 54.6 Å². The summed E-state index contributed by atoms with van der Waals surface area (Å²) in [5.74, 6) is -0.0868. The van der Waals surface area contributed by atoms with Crippen molar-refractivity contribution in [2.75, 3.05) is 44.8 Å². The molecule has 1 saturated heterocycles. The average Bonchev–Trinajstić information content (AvgIpc) is 3.40. The molecule has 11 heteroatoms. The van der Waals surface area contributed by atoms with E-state index in [1.54, 1.807) is 24.1 Å². The zero-order chi connectivity index (χ0) is 27.8. The van der Waals surface area contributed by atoms with Crippen molar-refractivity contribution in [3.05, 3.63) is 76.5 Å². The first-order valence-corrected chi connectivity index (χ1v) is 15.5. The normalized spacial score (nSPS) is 14.6. The molecular weight excluding hydrogens is 536 g/mol. The molecule has 0 radical (unpaired) electrons. The van der Waals surface area contributed by atoms with Crippen LogP contribution >= 0.6 is 11.3 Å². The fourth-order valence-electron chi connectivity index (χ4n) is 4.37. The van der Waals surface area contributed by atoms with E-state index in [0.29, 0.717) is 17.1 Å². The van der Waals surface area contributed by atoms with Crippen LogP contribution in [0.4, 0.5) is 10.5 Å².